The third kappa shape index (κ3) is 3.52. The smallest absolute Gasteiger partial charge is 0.360 e. The molecule has 0 aliphatic carbocycles. The highest BCUT2D eigenvalue weighted by Crippen LogP contribution is 2.31. The number of nitrogens with zero attached hydrogens (tertiary/aromatic N) is 2. The lowest BCUT2D eigenvalue weighted by atomic mass is 10.3. The van der Waals surface area contributed by atoms with Crippen LogP contribution in [0.4, 0.5) is 0 Å². The lowest BCUT2D eigenvalue weighted by molar-refractivity contribution is -0.140. The van der Waals surface area contributed by atoms with Crippen LogP contribution < -0.4 is 4.74 Å². The highest BCUT2D eigenvalue weighted by molar-refractivity contribution is 7.80. The molecule has 0 spiro atoms. The predicted octanol–water partition coefficient (Wildman–Crippen LogP) is 2.04. The van der Waals surface area contributed by atoms with E-state index in [4.69, 9.17) is 4.74 Å². The molecule has 6 nitrogen and oxygen atoms in total. The van der Waals surface area contributed by atoms with Crippen LogP contribution in [-0.4, -0.2) is 23.1 Å². The first-order valence-electron chi connectivity index (χ1n) is 5.07. The van der Waals surface area contributed by atoms with Crippen molar-refractivity contribution >= 4 is 52.3 Å². The van der Waals surface area contributed by atoms with E-state index >= 15 is 0 Å². The van der Waals surface area contributed by atoms with Gasteiger partial charge in [-0.25, -0.2) is 14.6 Å². The molecular formula is C11H8N2O4S2. The zero-order valence-corrected chi connectivity index (χ0v) is 11.4. The SMILES string of the molecule is CC(=O)ON=CC(=O)Oc1nc2c(S)cccc2s1. The molecule has 1 aromatic heterocycles. The Balaban J connectivity index is 2.09. The molecule has 0 fully saturated rings. The number of thiazole rings is 1. The van der Waals surface area contributed by atoms with Crippen molar-refractivity contribution < 1.29 is 19.2 Å². The third-order valence-electron chi connectivity index (χ3n) is 1.91. The van der Waals surface area contributed by atoms with E-state index in [1.165, 1.54) is 18.3 Å². The summed E-state index contributed by atoms with van der Waals surface area (Å²) in [5.74, 6) is -1.40. The number of oxime groups is 1. The Kier molecular flexibility index (Phi) is 4.13. The van der Waals surface area contributed by atoms with Crippen molar-refractivity contribution in [3.8, 4) is 5.19 Å². The zero-order chi connectivity index (χ0) is 13.8. The summed E-state index contributed by atoms with van der Waals surface area (Å²) in [5, 5.41) is 3.33. The topological polar surface area (TPSA) is 77.8 Å². The van der Waals surface area contributed by atoms with Crippen molar-refractivity contribution in [1.82, 2.24) is 4.98 Å². The average Bonchev–Trinajstić information content (AvgIpc) is 2.72. The van der Waals surface area contributed by atoms with E-state index in [0.29, 0.717) is 10.4 Å². The number of esters is 1. The quantitative estimate of drug-likeness (QED) is 0.308. The molecular weight excluding hydrogens is 288 g/mol. The van der Waals surface area contributed by atoms with Gasteiger partial charge in [0.1, 0.15) is 0 Å². The summed E-state index contributed by atoms with van der Waals surface area (Å²) < 4.78 is 5.78. The number of carbonyl (C=O) groups excluding carboxylic acids is 2. The van der Waals surface area contributed by atoms with Gasteiger partial charge in [0.25, 0.3) is 5.19 Å². The second kappa shape index (κ2) is 5.81. The van der Waals surface area contributed by atoms with Gasteiger partial charge in [-0.3, -0.25) is 0 Å². The van der Waals surface area contributed by atoms with E-state index in [9.17, 15) is 9.59 Å². The fourth-order valence-electron chi connectivity index (χ4n) is 1.21. The minimum atomic E-state index is -0.777. The van der Waals surface area contributed by atoms with Crippen LogP contribution in [0.1, 0.15) is 6.92 Å². The van der Waals surface area contributed by atoms with Gasteiger partial charge in [-0.1, -0.05) is 22.6 Å². The maximum atomic E-state index is 11.3. The fraction of sp³-hybridized carbons (Fsp3) is 0.0909. The molecule has 0 bridgehead atoms. The minimum absolute atomic E-state index is 0.177. The van der Waals surface area contributed by atoms with E-state index in [-0.39, 0.29) is 5.19 Å². The van der Waals surface area contributed by atoms with E-state index in [1.807, 2.05) is 12.1 Å². The van der Waals surface area contributed by atoms with Crippen LogP contribution in [0, 0.1) is 0 Å². The third-order valence-corrected chi connectivity index (χ3v) is 3.16. The maximum absolute atomic E-state index is 11.3. The van der Waals surface area contributed by atoms with Crippen LogP contribution in [0.2, 0.25) is 0 Å². The highest BCUT2D eigenvalue weighted by Gasteiger charge is 2.10. The van der Waals surface area contributed by atoms with Crippen LogP contribution in [-0.2, 0) is 14.4 Å². The molecule has 8 heteroatoms. The monoisotopic (exact) mass is 296 g/mol. The van der Waals surface area contributed by atoms with Crippen LogP contribution in [0.5, 0.6) is 5.19 Å². The molecule has 98 valence electrons. The number of thiol groups is 1. The van der Waals surface area contributed by atoms with Gasteiger partial charge in [0.15, 0.2) is 6.21 Å². The summed E-state index contributed by atoms with van der Waals surface area (Å²) in [4.78, 5) is 30.8. The number of benzene rings is 1. The van der Waals surface area contributed by atoms with E-state index in [0.717, 1.165) is 10.9 Å². The van der Waals surface area contributed by atoms with Gasteiger partial charge in [0, 0.05) is 11.8 Å². The van der Waals surface area contributed by atoms with Gasteiger partial charge < -0.3 is 9.57 Å². The Morgan fingerprint density at radius 1 is 1.47 bits per heavy atom. The maximum Gasteiger partial charge on any atom is 0.360 e. The molecule has 0 amide bonds. The first kappa shape index (κ1) is 13.5. The Hall–Kier alpha value is -1.93. The predicted molar refractivity (Wildman–Crippen MR) is 72.8 cm³/mol. The average molecular weight is 296 g/mol. The number of fused-ring (bicyclic) bond motifs is 1. The number of hydrogen-bond acceptors (Lipinski definition) is 8. The molecule has 0 unspecified atom stereocenters. The number of aromatic nitrogens is 1. The van der Waals surface area contributed by atoms with Gasteiger partial charge in [-0.2, -0.15) is 0 Å². The molecule has 0 aliphatic rings. The van der Waals surface area contributed by atoms with Crippen molar-refractivity contribution in [2.24, 2.45) is 5.16 Å². The van der Waals surface area contributed by atoms with Gasteiger partial charge in [-0.15, -0.1) is 12.6 Å². The Labute approximate surface area is 117 Å². The summed E-state index contributed by atoms with van der Waals surface area (Å²) in [6, 6.07) is 5.46. The standard InChI is InChI=1S/C11H8N2O4S2/c1-6(14)17-12-5-9(15)16-11-13-10-7(18)3-2-4-8(10)19-11/h2-5,18H,1H3. The summed E-state index contributed by atoms with van der Waals surface area (Å²) >= 11 is 5.46. The van der Waals surface area contributed by atoms with Crippen molar-refractivity contribution in [3.05, 3.63) is 18.2 Å². The van der Waals surface area contributed by atoms with Gasteiger partial charge in [0.2, 0.25) is 0 Å². The molecule has 0 radical (unpaired) electrons. The second-order valence-corrected chi connectivity index (χ2v) is 4.82. The second-order valence-electron chi connectivity index (χ2n) is 3.34. The summed E-state index contributed by atoms with van der Waals surface area (Å²) in [6.07, 6.45) is 0.759. The molecule has 0 atom stereocenters. The number of hydrogen-bond donors (Lipinski definition) is 1. The first-order chi connectivity index (χ1) is 9.06. The number of ether oxygens (including phenoxy) is 1. The lowest BCUT2D eigenvalue weighted by Crippen LogP contribution is -2.09. The highest BCUT2D eigenvalue weighted by atomic mass is 32.1. The largest absolute Gasteiger partial charge is 0.393 e. The molecule has 2 rings (SSSR count). The molecule has 1 aromatic carbocycles. The van der Waals surface area contributed by atoms with Gasteiger partial charge in [-0.05, 0) is 12.1 Å². The van der Waals surface area contributed by atoms with Gasteiger partial charge >= 0.3 is 11.9 Å². The molecule has 2 aromatic rings. The molecule has 1 heterocycles. The van der Waals surface area contributed by atoms with Crippen molar-refractivity contribution in [1.29, 1.82) is 0 Å². The summed E-state index contributed by atoms with van der Waals surface area (Å²) in [7, 11) is 0. The molecule has 0 saturated heterocycles. The zero-order valence-electron chi connectivity index (χ0n) is 9.69. The molecule has 0 saturated carbocycles. The number of para-hydroxylation sites is 1. The molecule has 19 heavy (non-hydrogen) atoms. The van der Waals surface area contributed by atoms with Crippen LogP contribution >= 0.6 is 24.0 Å². The van der Waals surface area contributed by atoms with Crippen molar-refractivity contribution in [3.63, 3.8) is 0 Å². The van der Waals surface area contributed by atoms with E-state index < -0.39 is 11.9 Å². The van der Waals surface area contributed by atoms with E-state index in [1.54, 1.807) is 6.07 Å². The Morgan fingerprint density at radius 2 is 2.26 bits per heavy atom. The van der Waals surface area contributed by atoms with Gasteiger partial charge in [0.05, 0.1) is 10.2 Å². The first-order valence-corrected chi connectivity index (χ1v) is 6.34. The Bertz CT molecular complexity index is 666. The summed E-state index contributed by atoms with van der Waals surface area (Å²) in [6.45, 7) is 1.17. The molecule has 0 aliphatic heterocycles. The van der Waals surface area contributed by atoms with Crippen molar-refractivity contribution in [2.75, 3.05) is 0 Å². The lowest BCUT2D eigenvalue weighted by Gasteiger charge is -1.93. The molecule has 0 N–H and O–H groups in total. The van der Waals surface area contributed by atoms with E-state index in [2.05, 4.69) is 27.6 Å². The van der Waals surface area contributed by atoms with Crippen LogP contribution in [0.15, 0.2) is 28.3 Å². The van der Waals surface area contributed by atoms with Crippen LogP contribution in [0.25, 0.3) is 10.2 Å². The fourth-order valence-corrected chi connectivity index (χ4v) is 2.39. The summed E-state index contributed by atoms with van der Waals surface area (Å²) in [5.41, 5.74) is 0.663. The van der Waals surface area contributed by atoms with Crippen LogP contribution in [0.3, 0.4) is 0 Å². The minimum Gasteiger partial charge on any atom is -0.393 e. The number of rotatable bonds is 3. The normalized spacial score (nSPS) is 10.8. The van der Waals surface area contributed by atoms with Crippen molar-refractivity contribution in [2.45, 2.75) is 11.8 Å². The Morgan fingerprint density at radius 3 is 2.95 bits per heavy atom. The number of carbonyl (C=O) groups is 2.